The second-order valence-corrected chi connectivity index (χ2v) is 7.33. The van der Waals surface area contributed by atoms with Gasteiger partial charge < -0.3 is 9.63 Å². The number of aromatic nitrogens is 1. The van der Waals surface area contributed by atoms with Gasteiger partial charge in [-0.05, 0) is 30.5 Å². The molecular formula is C14H14FNO4S. The lowest BCUT2D eigenvalue weighted by Crippen LogP contribution is -2.00. The summed E-state index contributed by atoms with van der Waals surface area (Å²) in [6.07, 6.45) is 2.99. The maximum atomic E-state index is 14.0. The van der Waals surface area contributed by atoms with Crippen molar-refractivity contribution in [1.29, 1.82) is 0 Å². The van der Waals surface area contributed by atoms with Gasteiger partial charge in [-0.25, -0.2) is 12.8 Å². The number of hydrogen-bond donors (Lipinski definition) is 1. The Hall–Kier alpha value is -1.89. The zero-order valence-corrected chi connectivity index (χ0v) is 12.2. The van der Waals surface area contributed by atoms with Crippen LogP contribution in [0.4, 0.5) is 4.39 Å². The summed E-state index contributed by atoms with van der Waals surface area (Å²) in [6.45, 7) is 0. The molecule has 7 heteroatoms. The molecule has 1 aromatic carbocycles. The monoisotopic (exact) mass is 311 g/mol. The van der Waals surface area contributed by atoms with E-state index in [0.29, 0.717) is 5.76 Å². The van der Waals surface area contributed by atoms with Crippen LogP contribution >= 0.6 is 0 Å². The molecule has 1 aliphatic rings. The van der Waals surface area contributed by atoms with Crippen LogP contribution in [0.2, 0.25) is 0 Å². The lowest BCUT2D eigenvalue weighted by atomic mass is 10.1. The van der Waals surface area contributed by atoms with E-state index in [0.717, 1.165) is 25.2 Å². The first kappa shape index (κ1) is 14.1. The van der Waals surface area contributed by atoms with Gasteiger partial charge >= 0.3 is 0 Å². The first-order valence-electron chi connectivity index (χ1n) is 6.52. The fourth-order valence-electron chi connectivity index (χ4n) is 2.14. The van der Waals surface area contributed by atoms with Crippen molar-refractivity contribution in [3.63, 3.8) is 0 Å². The van der Waals surface area contributed by atoms with E-state index in [-0.39, 0.29) is 34.2 Å². The topological polar surface area (TPSA) is 80.4 Å². The molecule has 0 aliphatic heterocycles. The lowest BCUT2D eigenvalue weighted by Gasteiger charge is -2.04. The van der Waals surface area contributed by atoms with E-state index in [2.05, 4.69) is 5.16 Å². The van der Waals surface area contributed by atoms with Crippen molar-refractivity contribution < 1.29 is 22.4 Å². The minimum absolute atomic E-state index is 0.0240. The van der Waals surface area contributed by atoms with Crippen molar-refractivity contribution >= 4 is 9.84 Å². The Kier molecular flexibility index (Phi) is 3.24. The summed E-state index contributed by atoms with van der Waals surface area (Å²) in [5.41, 5.74) is 0.524. The van der Waals surface area contributed by atoms with Gasteiger partial charge in [-0.15, -0.1) is 0 Å². The fraction of sp³-hybridized carbons (Fsp3) is 0.357. The Morgan fingerprint density at radius 2 is 2.14 bits per heavy atom. The molecule has 1 saturated carbocycles. The summed E-state index contributed by atoms with van der Waals surface area (Å²) in [4.78, 5) is -0.0770. The third-order valence-electron chi connectivity index (χ3n) is 3.52. The molecular weight excluding hydrogens is 297 g/mol. The molecule has 0 atom stereocenters. The van der Waals surface area contributed by atoms with Crippen molar-refractivity contribution in [2.45, 2.75) is 30.1 Å². The second kappa shape index (κ2) is 4.84. The van der Waals surface area contributed by atoms with Gasteiger partial charge in [-0.2, -0.15) is 0 Å². The fourth-order valence-corrected chi connectivity index (χ4v) is 2.78. The molecule has 0 unspecified atom stereocenters. The molecule has 0 bridgehead atoms. The SMILES string of the molecule is CS(=O)(=O)c1ccc(Cc2noc(C3CC3)c2O)c(F)c1. The van der Waals surface area contributed by atoms with E-state index >= 15 is 0 Å². The number of rotatable bonds is 4. The molecule has 0 spiro atoms. The van der Waals surface area contributed by atoms with E-state index in [1.54, 1.807) is 0 Å². The van der Waals surface area contributed by atoms with Crippen molar-refractivity contribution in [3.8, 4) is 5.75 Å². The van der Waals surface area contributed by atoms with E-state index in [1.807, 2.05) is 0 Å². The van der Waals surface area contributed by atoms with Gasteiger partial charge in [0.25, 0.3) is 0 Å². The van der Waals surface area contributed by atoms with Crippen LogP contribution < -0.4 is 0 Å². The van der Waals surface area contributed by atoms with Gasteiger partial charge in [0.05, 0.1) is 4.90 Å². The van der Waals surface area contributed by atoms with Crippen molar-refractivity contribution in [3.05, 3.63) is 41.0 Å². The van der Waals surface area contributed by atoms with Crippen molar-refractivity contribution in [1.82, 2.24) is 5.16 Å². The van der Waals surface area contributed by atoms with Crippen LogP contribution in [0.15, 0.2) is 27.6 Å². The highest BCUT2D eigenvalue weighted by Crippen LogP contribution is 2.45. The molecule has 1 N–H and O–H groups in total. The zero-order valence-electron chi connectivity index (χ0n) is 11.3. The minimum atomic E-state index is -3.45. The van der Waals surface area contributed by atoms with Gasteiger partial charge in [0.1, 0.15) is 11.5 Å². The first-order chi connectivity index (χ1) is 9.86. The highest BCUT2D eigenvalue weighted by atomic mass is 32.2. The Balaban J connectivity index is 1.88. The Morgan fingerprint density at radius 1 is 1.43 bits per heavy atom. The summed E-state index contributed by atoms with van der Waals surface area (Å²) >= 11 is 0. The van der Waals surface area contributed by atoms with Gasteiger partial charge in [0, 0.05) is 18.6 Å². The summed E-state index contributed by atoms with van der Waals surface area (Å²) in [5.74, 6) is -0.000687. The van der Waals surface area contributed by atoms with E-state index in [4.69, 9.17) is 4.52 Å². The van der Waals surface area contributed by atoms with Gasteiger partial charge in [-0.1, -0.05) is 11.2 Å². The molecule has 5 nitrogen and oxygen atoms in total. The molecule has 1 fully saturated rings. The van der Waals surface area contributed by atoms with Crippen LogP contribution in [0.3, 0.4) is 0 Å². The molecule has 3 rings (SSSR count). The number of hydrogen-bond acceptors (Lipinski definition) is 5. The van der Waals surface area contributed by atoms with E-state index in [1.165, 1.54) is 12.1 Å². The van der Waals surface area contributed by atoms with Crippen LogP contribution in [0.5, 0.6) is 5.75 Å². The quantitative estimate of drug-likeness (QED) is 0.937. The standard InChI is InChI=1S/C14H14FNO4S/c1-21(18,19)10-5-4-9(11(15)7-10)6-12-13(17)14(20-16-12)8-2-3-8/h4-5,7-8,17H,2-3,6H2,1H3. The third kappa shape index (κ3) is 2.78. The molecule has 112 valence electrons. The maximum absolute atomic E-state index is 14.0. The average Bonchev–Trinajstić information content (AvgIpc) is 3.17. The molecule has 2 aromatic rings. The zero-order chi connectivity index (χ0) is 15.2. The number of aromatic hydroxyl groups is 1. The van der Waals surface area contributed by atoms with Crippen LogP contribution in [-0.4, -0.2) is 24.9 Å². The van der Waals surface area contributed by atoms with Crippen LogP contribution in [-0.2, 0) is 16.3 Å². The maximum Gasteiger partial charge on any atom is 0.182 e. The van der Waals surface area contributed by atoms with Crippen molar-refractivity contribution in [2.75, 3.05) is 6.26 Å². The van der Waals surface area contributed by atoms with Gasteiger partial charge in [-0.3, -0.25) is 0 Å². The number of halogens is 1. The predicted octanol–water partition coefficient (Wildman–Crippen LogP) is 2.39. The molecule has 0 amide bonds. The second-order valence-electron chi connectivity index (χ2n) is 5.32. The van der Waals surface area contributed by atoms with Crippen LogP contribution in [0, 0.1) is 5.82 Å². The summed E-state index contributed by atoms with van der Waals surface area (Å²) in [6, 6.07) is 3.70. The Labute approximate surface area is 121 Å². The smallest absolute Gasteiger partial charge is 0.182 e. The highest BCUT2D eigenvalue weighted by molar-refractivity contribution is 7.90. The first-order valence-corrected chi connectivity index (χ1v) is 8.41. The third-order valence-corrected chi connectivity index (χ3v) is 4.63. The molecule has 1 aliphatic carbocycles. The average molecular weight is 311 g/mol. The van der Waals surface area contributed by atoms with Gasteiger partial charge in [0.15, 0.2) is 21.3 Å². The summed E-state index contributed by atoms with van der Waals surface area (Å²) in [5, 5.41) is 13.8. The molecule has 1 aromatic heterocycles. The lowest BCUT2D eigenvalue weighted by molar-refractivity contribution is 0.368. The van der Waals surface area contributed by atoms with Crippen molar-refractivity contribution in [2.24, 2.45) is 0 Å². The Bertz CT molecular complexity index is 793. The summed E-state index contributed by atoms with van der Waals surface area (Å²) < 4.78 is 41.8. The number of benzene rings is 1. The normalized spacial score (nSPS) is 15.3. The Morgan fingerprint density at radius 3 is 2.71 bits per heavy atom. The van der Waals surface area contributed by atoms with Gasteiger partial charge in [0.2, 0.25) is 0 Å². The van der Waals surface area contributed by atoms with E-state index in [9.17, 15) is 17.9 Å². The summed E-state index contributed by atoms with van der Waals surface area (Å²) in [7, 11) is -3.45. The van der Waals surface area contributed by atoms with Crippen LogP contribution in [0.25, 0.3) is 0 Å². The largest absolute Gasteiger partial charge is 0.503 e. The minimum Gasteiger partial charge on any atom is -0.503 e. The molecule has 0 radical (unpaired) electrons. The number of nitrogens with zero attached hydrogens (tertiary/aromatic N) is 1. The van der Waals surface area contributed by atoms with E-state index < -0.39 is 15.7 Å². The molecule has 0 saturated heterocycles. The molecule has 1 heterocycles. The van der Waals surface area contributed by atoms with Crippen LogP contribution in [0.1, 0.15) is 35.8 Å². The highest BCUT2D eigenvalue weighted by Gasteiger charge is 2.32. The predicted molar refractivity (Wildman–Crippen MR) is 72.5 cm³/mol. The molecule has 21 heavy (non-hydrogen) atoms. The number of sulfone groups is 1.